The second-order valence-corrected chi connectivity index (χ2v) is 9.38. The first-order chi connectivity index (χ1) is 18.6. The minimum Gasteiger partial charge on any atom is -0.497 e. The van der Waals surface area contributed by atoms with Crippen LogP contribution in [0.3, 0.4) is 0 Å². The van der Waals surface area contributed by atoms with Crippen LogP contribution in [0.1, 0.15) is 35.0 Å². The van der Waals surface area contributed by atoms with Gasteiger partial charge in [-0.15, -0.1) is 5.10 Å². The third-order valence-corrected chi connectivity index (χ3v) is 7.13. The van der Waals surface area contributed by atoms with Crippen molar-refractivity contribution >= 4 is 16.6 Å². The number of aryl methyl sites for hydroxylation is 1. The minimum atomic E-state index is -0.486. The average molecular weight is 509 g/mol. The zero-order chi connectivity index (χ0) is 26.1. The number of ether oxygens (including phenoxy) is 2. The van der Waals surface area contributed by atoms with Crippen molar-refractivity contribution in [2.24, 2.45) is 0 Å². The summed E-state index contributed by atoms with van der Waals surface area (Å²) in [6, 6.07) is 23.3. The van der Waals surface area contributed by atoms with E-state index in [1.807, 2.05) is 54.6 Å². The molecule has 3 heterocycles. The van der Waals surface area contributed by atoms with Gasteiger partial charge in [-0.2, -0.15) is 0 Å². The van der Waals surface area contributed by atoms with Crippen molar-refractivity contribution in [1.82, 2.24) is 25.2 Å². The second-order valence-electron chi connectivity index (χ2n) is 9.38. The van der Waals surface area contributed by atoms with Crippen molar-refractivity contribution < 1.29 is 9.47 Å². The van der Waals surface area contributed by atoms with Crippen LogP contribution < -0.4 is 19.9 Å². The number of rotatable bonds is 7. The number of aromatic amines is 1. The van der Waals surface area contributed by atoms with E-state index in [0.29, 0.717) is 29.2 Å². The van der Waals surface area contributed by atoms with E-state index in [1.54, 1.807) is 18.9 Å². The molecule has 0 amide bonds. The van der Waals surface area contributed by atoms with Crippen molar-refractivity contribution in [1.29, 1.82) is 0 Å². The summed E-state index contributed by atoms with van der Waals surface area (Å²) in [6.45, 7) is 1.23. The third-order valence-electron chi connectivity index (χ3n) is 7.13. The molecule has 0 fully saturated rings. The summed E-state index contributed by atoms with van der Waals surface area (Å²) in [6.07, 6.45) is 1.96. The molecule has 3 aromatic carbocycles. The maximum atomic E-state index is 13.6. The van der Waals surface area contributed by atoms with Crippen LogP contribution in [0.2, 0.25) is 0 Å². The Morgan fingerprint density at radius 3 is 2.58 bits per heavy atom. The molecule has 192 valence electrons. The summed E-state index contributed by atoms with van der Waals surface area (Å²) in [5.41, 5.74) is 4.49. The fourth-order valence-corrected chi connectivity index (χ4v) is 5.23. The van der Waals surface area contributed by atoms with Crippen molar-refractivity contribution in [3.8, 4) is 11.5 Å². The SMILES string of the molecule is COc1ccc(Cn2nnnc2[C@H](c2cc3ccc(OC)cc3[nH]c2=O)N2CCCc3ccccc32)cc1. The number of methoxy groups -OCH3 is 2. The molecule has 2 aromatic heterocycles. The van der Waals surface area contributed by atoms with Crippen molar-refractivity contribution in [3.05, 3.63) is 106 Å². The van der Waals surface area contributed by atoms with Crippen LogP contribution in [0.5, 0.6) is 11.5 Å². The van der Waals surface area contributed by atoms with Gasteiger partial charge in [-0.05, 0) is 76.2 Å². The highest BCUT2D eigenvalue weighted by Gasteiger charge is 2.33. The zero-order valence-corrected chi connectivity index (χ0v) is 21.3. The maximum absolute atomic E-state index is 13.6. The van der Waals surface area contributed by atoms with E-state index >= 15 is 0 Å². The van der Waals surface area contributed by atoms with E-state index in [0.717, 1.165) is 41.8 Å². The molecule has 0 saturated heterocycles. The number of fused-ring (bicyclic) bond motifs is 2. The number of nitrogens with one attached hydrogen (secondary N) is 1. The first-order valence-corrected chi connectivity index (χ1v) is 12.6. The van der Waals surface area contributed by atoms with Crippen LogP contribution in [0.4, 0.5) is 5.69 Å². The number of benzene rings is 3. The molecular weight excluding hydrogens is 480 g/mol. The predicted molar refractivity (Wildman–Crippen MR) is 145 cm³/mol. The largest absolute Gasteiger partial charge is 0.497 e. The summed E-state index contributed by atoms with van der Waals surface area (Å²) >= 11 is 0. The summed E-state index contributed by atoms with van der Waals surface area (Å²) in [4.78, 5) is 19.0. The predicted octanol–water partition coefficient (Wildman–Crippen LogP) is 4.12. The van der Waals surface area contributed by atoms with Gasteiger partial charge in [-0.25, -0.2) is 4.68 Å². The highest BCUT2D eigenvalue weighted by atomic mass is 16.5. The molecule has 9 nitrogen and oxygen atoms in total. The van der Waals surface area contributed by atoms with Gasteiger partial charge in [0, 0.05) is 23.9 Å². The fourth-order valence-electron chi connectivity index (χ4n) is 5.23. The van der Waals surface area contributed by atoms with Gasteiger partial charge in [-0.3, -0.25) is 4.79 Å². The lowest BCUT2D eigenvalue weighted by atomic mass is 9.96. The number of anilines is 1. The van der Waals surface area contributed by atoms with E-state index in [-0.39, 0.29) is 5.56 Å². The summed E-state index contributed by atoms with van der Waals surface area (Å²) < 4.78 is 12.4. The minimum absolute atomic E-state index is 0.183. The van der Waals surface area contributed by atoms with E-state index in [4.69, 9.17) is 9.47 Å². The quantitative estimate of drug-likeness (QED) is 0.353. The molecule has 1 N–H and O–H groups in total. The standard InChI is InChI=1S/C29H28N6O3/c1-37-22-12-9-19(10-13-22)18-35-28(31-32-33-35)27(34-15-5-7-20-6-3-4-8-26(20)34)24-16-21-11-14-23(38-2)17-25(21)30-29(24)36/h3-4,6,8-14,16-17,27H,5,7,15,18H2,1-2H3,(H,30,36)/t27-/m0/s1. The highest BCUT2D eigenvalue weighted by molar-refractivity contribution is 5.81. The number of para-hydroxylation sites is 1. The van der Waals surface area contributed by atoms with Gasteiger partial charge in [0.15, 0.2) is 5.82 Å². The van der Waals surface area contributed by atoms with Gasteiger partial charge >= 0.3 is 0 Å². The molecule has 0 radical (unpaired) electrons. The monoisotopic (exact) mass is 508 g/mol. The molecule has 1 atom stereocenters. The van der Waals surface area contributed by atoms with Crippen molar-refractivity contribution in [2.75, 3.05) is 25.7 Å². The Balaban J connectivity index is 1.50. The highest BCUT2D eigenvalue weighted by Crippen LogP contribution is 2.37. The Morgan fingerprint density at radius 2 is 1.76 bits per heavy atom. The number of hydrogen-bond donors (Lipinski definition) is 1. The number of nitrogens with zero attached hydrogens (tertiary/aromatic N) is 5. The Bertz CT molecular complexity index is 1640. The molecule has 5 aromatic rings. The van der Waals surface area contributed by atoms with Crippen LogP contribution >= 0.6 is 0 Å². The van der Waals surface area contributed by atoms with Gasteiger partial charge < -0.3 is 19.4 Å². The van der Waals surface area contributed by atoms with Crippen molar-refractivity contribution in [3.63, 3.8) is 0 Å². The summed E-state index contributed by atoms with van der Waals surface area (Å²) in [5, 5.41) is 13.8. The second kappa shape index (κ2) is 10.0. The molecule has 0 aliphatic carbocycles. The van der Waals surface area contributed by atoms with Crippen LogP contribution in [-0.4, -0.2) is 46.0 Å². The van der Waals surface area contributed by atoms with E-state index in [1.165, 1.54) is 5.56 Å². The van der Waals surface area contributed by atoms with Crippen molar-refractivity contribution in [2.45, 2.75) is 25.4 Å². The molecule has 0 bridgehead atoms. The number of aromatic nitrogens is 5. The Morgan fingerprint density at radius 1 is 0.974 bits per heavy atom. The Hall–Kier alpha value is -4.66. The Labute approximate surface area is 219 Å². The summed E-state index contributed by atoms with van der Waals surface area (Å²) in [7, 11) is 3.26. The number of tetrazole rings is 1. The lowest BCUT2D eigenvalue weighted by Gasteiger charge is -2.37. The van der Waals surface area contributed by atoms with Gasteiger partial charge in [0.05, 0.1) is 26.3 Å². The molecule has 0 unspecified atom stereocenters. The smallest absolute Gasteiger partial charge is 0.254 e. The van der Waals surface area contributed by atoms with Crippen LogP contribution in [0, 0.1) is 0 Å². The van der Waals surface area contributed by atoms with Crippen LogP contribution in [0.15, 0.2) is 77.6 Å². The van der Waals surface area contributed by atoms with Crippen LogP contribution in [-0.2, 0) is 13.0 Å². The molecule has 0 spiro atoms. The van der Waals surface area contributed by atoms with Gasteiger partial charge in [0.2, 0.25) is 0 Å². The molecular formula is C29H28N6O3. The molecule has 38 heavy (non-hydrogen) atoms. The van der Waals surface area contributed by atoms with Gasteiger partial charge in [0.25, 0.3) is 5.56 Å². The van der Waals surface area contributed by atoms with Crippen LogP contribution in [0.25, 0.3) is 10.9 Å². The van der Waals surface area contributed by atoms with Gasteiger partial charge in [-0.1, -0.05) is 30.3 Å². The number of H-pyrrole nitrogens is 1. The first kappa shape index (κ1) is 23.7. The average Bonchev–Trinajstić information content (AvgIpc) is 3.41. The Kier molecular flexibility index (Phi) is 6.25. The van der Waals surface area contributed by atoms with E-state index < -0.39 is 6.04 Å². The summed E-state index contributed by atoms with van der Waals surface area (Å²) in [5.74, 6) is 2.08. The molecule has 9 heteroatoms. The lowest BCUT2D eigenvalue weighted by molar-refractivity contribution is 0.414. The number of hydrogen-bond acceptors (Lipinski definition) is 7. The zero-order valence-electron chi connectivity index (χ0n) is 21.3. The topological polar surface area (TPSA) is 98.2 Å². The number of pyridine rings is 1. The molecule has 0 saturated carbocycles. The van der Waals surface area contributed by atoms with E-state index in [9.17, 15) is 4.79 Å². The molecule has 6 rings (SSSR count). The maximum Gasteiger partial charge on any atom is 0.254 e. The first-order valence-electron chi connectivity index (χ1n) is 12.6. The molecule has 1 aliphatic heterocycles. The van der Waals surface area contributed by atoms with Gasteiger partial charge in [0.1, 0.15) is 17.5 Å². The lowest BCUT2D eigenvalue weighted by Crippen LogP contribution is -2.38. The van der Waals surface area contributed by atoms with E-state index in [2.05, 4.69) is 43.6 Å². The molecule has 1 aliphatic rings. The normalized spacial score (nSPS) is 13.8. The third kappa shape index (κ3) is 4.36. The fraction of sp³-hybridized carbons (Fsp3) is 0.241.